The average molecular weight is 331 g/mol. The number of urea groups is 1. The third-order valence-electron chi connectivity index (χ3n) is 4.13. The highest BCUT2D eigenvalue weighted by Crippen LogP contribution is 2.19. The largest absolute Gasteiger partial charge is 0.337 e. The fraction of sp³-hybridized carbons (Fsp3) is 0.412. The molecule has 0 bridgehead atoms. The van der Waals surface area contributed by atoms with Gasteiger partial charge in [-0.3, -0.25) is 19.3 Å². The SMILES string of the molecule is CCCN1C(=O)C(=O)N(CC(=O)N(C)[C@@H](C)c2ccccc2)C1=O. The van der Waals surface area contributed by atoms with Crippen molar-refractivity contribution in [3.63, 3.8) is 0 Å². The van der Waals surface area contributed by atoms with Gasteiger partial charge in [-0.15, -0.1) is 0 Å². The second-order valence-corrected chi connectivity index (χ2v) is 5.72. The summed E-state index contributed by atoms with van der Waals surface area (Å²) in [4.78, 5) is 51.4. The van der Waals surface area contributed by atoms with E-state index in [9.17, 15) is 19.2 Å². The molecule has 1 aromatic rings. The molecular weight excluding hydrogens is 310 g/mol. The molecule has 0 aliphatic carbocycles. The van der Waals surface area contributed by atoms with Gasteiger partial charge in [-0.25, -0.2) is 9.69 Å². The van der Waals surface area contributed by atoms with Gasteiger partial charge in [0.15, 0.2) is 0 Å². The van der Waals surface area contributed by atoms with Gasteiger partial charge in [-0.2, -0.15) is 0 Å². The maximum atomic E-state index is 12.4. The van der Waals surface area contributed by atoms with Crippen molar-refractivity contribution in [3.8, 4) is 0 Å². The molecule has 0 N–H and O–H groups in total. The molecule has 0 spiro atoms. The molecule has 0 radical (unpaired) electrons. The fourth-order valence-corrected chi connectivity index (χ4v) is 2.53. The van der Waals surface area contributed by atoms with Crippen LogP contribution in [0.4, 0.5) is 4.79 Å². The van der Waals surface area contributed by atoms with Crippen molar-refractivity contribution in [2.24, 2.45) is 0 Å². The number of carbonyl (C=O) groups is 4. The van der Waals surface area contributed by atoms with Crippen LogP contribution in [0.2, 0.25) is 0 Å². The first-order chi connectivity index (χ1) is 11.4. The maximum Gasteiger partial charge on any atom is 0.334 e. The van der Waals surface area contributed by atoms with Crippen LogP contribution in [0.1, 0.15) is 31.9 Å². The van der Waals surface area contributed by atoms with Crippen molar-refractivity contribution in [2.45, 2.75) is 26.3 Å². The minimum absolute atomic E-state index is 0.171. The van der Waals surface area contributed by atoms with Gasteiger partial charge in [0.2, 0.25) is 5.91 Å². The second-order valence-electron chi connectivity index (χ2n) is 5.72. The van der Waals surface area contributed by atoms with E-state index < -0.39 is 30.3 Å². The standard InChI is InChI=1S/C17H21N3O4/c1-4-10-19-15(22)16(23)20(17(19)24)11-14(21)18(3)12(2)13-8-6-5-7-9-13/h5-9,12H,4,10-11H2,1-3H3/t12-/m0/s1. The molecule has 0 unspecified atom stereocenters. The molecule has 7 nitrogen and oxygen atoms in total. The summed E-state index contributed by atoms with van der Waals surface area (Å²) in [5.74, 6) is -2.21. The van der Waals surface area contributed by atoms with Gasteiger partial charge in [0.25, 0.3) is 0 Å². The molecule has 1 saturated heterocycles. The lowest BCUT2D eigenvalue weighted by Crippen LogP contribution is -2.43. The topological polar surface area (TPSA) is 78.0 Å². The summed E-state index contributed by atoms with van der Waals surface area (Å²) >= 11 is 0. The predicted molar refractivity (Wildman–Crippen MR) is 86.7 cm³/mol. The zero-order valence-corrected chi connectivity index (χ0v) is 14.1. The number of rotatable bonds is 6. The molecule has 5 amide bonds. The number of amides is 5. The Morgan fingerprint density at radius 3 is 2.25 bits per heavy atom. The van der Waals surface area contributed by atoms with Gasteiger partial charge < -0.3 is 4.90 Å². The van der Waals surface area contributed by atoms with Gasteiger partial charge in [-0.1, -0.05) is 37.3 Å². The zero-order chi connectivity index (χ0) is 17.9. The molecule has 1 atom stereocenters. The first kappa shape index (κ1) is 17.7. The van der Waals surface area contributed by atoms with E-state index in [4.69, 9.17) is 0 Å². The second kappa shape index (κ2) is 7.25. The number of nitrogens with zero attached hydrogens (tertiary/aromatic N) is 3. The minimum Gasteiger partial charge on any atom is -0.337 e. The molecule has 1 heterocycles. The van der Waals surface area contributed by atoms with Crippen LogP contribution in [0, 0.1) is 0 Å². The van der Waals surface area contributed by atoms with E-state index in [-0.39, 0.29) is 12.6 Å². The third-order valence-corrected chi connectivity index (χ3v) is 4.13. The highest BCUT2D eigenvalue weighted by atomic mass is 16.2. The molecule has 1 aliphatic heterocycles. The van der Waals surface area contributed by atoms with Gasteiger partial charge >= 0.3 is 17.8 Å². The summed E-state index contributed by atoms with van der Waals surface area (Å²) in [6.45, 7) is 3.39. The van der Waals surface area contributed by atoms with Crippen LogP contribution in [-0.4, -0.2) is 58.6 Å². The molecule has 7 heteroatoms. The monoisotopic (exact) mass is 331 g/mol. The first-order valence-electron chi connectivity index (χ1n) is 7.86. The van der Waals surface area contributed by atoms with Crippen molar-refractivity contribution < 1.29 is 19.2 Å². The number of carbonyl (C=O) groups excluding carboxylic acids is 4. The number of benzene rings is 1. The quantitative estimate of drug-likeness (QED) is 0.583. The summed E-state index contributed by atoms with van der Waals surface area (Å²) in [6.07, 6.45) is 0.553. The predicted octanol–water partition coefficient (Wildman–Crippen LogP) is 1.41. The Balaban J connectivity index is 2.07. The first-order valence-corrected chi connectivity index (χ1v) is 7.86. The molecule has 1 aliphatic rings. The Bertz CT molecular complexity index is 659. The summed E-state index contributed by atoms with van der Waals surface area (Å²) in [5.41, 5.74) is 0.941. The van der Waals surface area contributed by atoms with Crippen molar-refractivity contribution in [1.29, 1.82) is 0 Å². The lowest BCUT2D eigenvalue weighted by atomic mass is 10.1. The summed E-state index contributed by atoms with van der Waals surface area (Å²) in [5, 5.41) is 0. The van der Waals surface area contributed by atoms with Crippen molar-refractivity contribution >= 4 is 23.8 Å². The van der Waals surface area contributed by atoms with Crippen LogP contribution in [0.5, 0.6) is 0 Å². The number of hydrogen-bond donors (Lipinski definition) is 0. The van der Waals surface area contributed by atoms with E-state index in [0.717, 1.165) is 10.5 Å². The lowest BCUT2D eigenvalue weighted by Gasteiger charge is -2.26. The molecule has 128 valence electrons. The van der Waals surface area contributed by atoms with E-state index in [1.165, 1.54) is 4.90 Å². The normalized spacial score (nSPS) is 15.9. The van der Waals surface area contributed by atoms with E-state index in [1.807, 2.05) is 37.3 Å². The zero-order valence-electron chi connectivity index (χ0n) is 14.1. The van der Waals surface area contributed by atoms with E-state index >= 15 is 0 Å². The number of likely N-dealkylation sites (N-methyl/N-ethyl adjacent to an activating group) is 1. The Morgan fingerprint density at radius 2 is 1.67 bits per heavy atom. The molecule has 2 rings (SSSR count). The van der Waals surface area contributed by atoms with Crippen LogP contribution < -0.4 is 0 Å². The molecule has 24 heavy (non-hydrogen) atoms. The van der Waals surface area contributed by atoms with Crippen molar-refractivity contribution in [2.75, 3.05) is 20.1 Å². The van der Waals surface area contributed by atoms with Crippen molar-refractivity contribution in [3.05, 3.63) is 35.9 Å². The summed E-state index contributed by atoms with van der Waals surface area (Å²) in [7, 11) is 1.61. The Kier molecular flexibility index (Phi) is 5.33. The van der Waals surface area contributed by atoms with Crippen LogP contribution >= 0.6 is 0 Å². The van der Waals surface area contributed by atoms with Gasteiger partial charge in [0.05, 0.1) is 6.04 Å². The Labute approximate surface area is 140 Å². The van der Waals surface area contributed by atoms with Gasteiger partial charge in [0, 0.05) is 13.6 Å². The Hall–Kier alpha value is -2.70. The minimum atomic E-state index is -0.942. The molecule has 0 aromatic heterocycles. The van der Waals surface area contributed by atoms with E-state index in [1.54, 1.807) is 14.0 Å². The third kappa shape index (κ3) is 3.29. The smallest absolute Gasteiger partial charge is 0.334 e. The van der Waals surface area contributed by atoms with E-state index in [0.29, 0.717) is 11.3 Å². The van der Waals surface area contributed by atoms with Crippen LogP contribution in [0.25, 0.3) is 0 Å². The molecule has 1 fully saturated rings. The van der Waals surface area contributed by atoms with Crippen LogP contribution in [-0.2, 0) is 14.4 Å². The molecule has 0 saturated carbocycles. The van der Waals surface area contributed by atoms with E-state index in [2.05, 4.69) is 0 Å². The highest BCUT2D eigenvalue weighted by molar-refractivity contribution is 6.45. The average Bonchev–Trinajstić information content (AvgIpc) is 2.79. The Morgan fingerprint density at radius 1 is 1.08 bits per heavy atom. The molecule has 1 aromatic carbocycles. The highest BCUT2D eigenvalue weighted by Gasteiger charge is 2.45. The maximum absolute atomic E-state index is 12.4. The van der Waals surface area contributed by atoms with Gasteiger partial charge in [0.1, 0.15) is 6.54 Å². The summed E-state index contributed by atoms with van der Waals surface area (Å²) in [6, 6.07) is 8.49. The fourth-order valence-electron chi connectivity index (χ4n) is 2.53. The van der Waals surface area contributed by atoms with Crippen molar-refractivity contribution in [1.82, 2.24) is 14.7 Å². The van der Waals surface area contributed by atoms with Crippen LogP contribution in [0.3, 0.4) is 0 Å². The lowest BCUT2D eigenvalue weighted by molar-refractivity contribution is -0.145. The number of hydrogen-bond acceptors (Lipinski definition) is 4. The van der Waals surface area contributed by atoms with Gasteiger partial charge in [-0.05, 0) is 18.9 Å². The number of imide groups is 2. The van der Waals surface area contributed by atoms with Crippen LogP contribution in [0.15, 0.2) is 30.3 Å². The summed E-state index contributed by atoms with van der Waals surface area (Å²) < 4.78 is 0. The molecular formula is C17H21N3O4.